The SMILES string of the molecule is COc1ccc(CN2C(=O)CN(C3CCCCCC3)C(=O)[C@@H]2c2ccc(F)cc2)cc1. The largest absolute Gasteiger partial charge is 0.497 e. The second-order valence-electron chi connectivity index (χ2n) is 8.44. The summed E-state index contributed by atoms with van der Waals surface area (Å²) in [6.07, 6.45) is 6.40. The van der Waals surface area contributed by atoms with Gasteiger partial charge < -0.3 is 14.5 Å². The number of benzene rings is 2. The van der Waals surface area contributed by atoms with Crippen LogP contribution in [-0.2, 0) is 16.1 Å². The Morgan fingerprint density at radius 2 is 1.58 bits per heavy atom. The molecule has 0 N–H and O–H groups in total. The summed E-state index contributed by atoms with van der Waals surface area (Å²) in [5.74, 6) is 0.237. The van der Waals surface area contributed by atoms with Crippen molar-refractivity contribution in [3.05, 3.63) is 65.5 Å². The zero-order valence-electron chi connectivity index (χ0n) is 17.9. The Hall–Kier alpha value is -2.89. The molecule has 5 nitrogen and oxygen atoms in total. The molecule has 1 aliphatic carbocycles. The van der Waals surface area contributed by atoms with Crippen LogP contribution in [0.2, 0.25) is 0 Å². The lowest BCUT2D eigenvalue weighted by molar-refractivity contribution is -0.159. The Kier molecular flexibility index (Phi) is 6.54. The zero-order chi connectivity index (χ0) is 21.8. The predicted molar refractivity (Wildman–Crippen MR) is 116 cm³/mol. The monoisotopic (exact) mass is 424 g/mol. The van der Waals surface area contributed by atoms with E-state index in [1.54, 1.807) is 29.0 Å². The van der Waals surface area contributed by atoms with Crippen molar-refractivity contribution in [2.75, 3.05) is 13.7 Å². The van der Waals surface area contributed by atoms with E-state index in [0.29, 0.717) is 12.1 Å². The highest BCUT2D eigenvalue weighted by atomic mass is 19.1. The number of carbonyl (C=O) groups excluding carboxylic acids is 2. The normalized spacial score (nSPS) is 20.6. The number of carbonyl (C=O) groups is 2. The molecule has 1 aliphatic heterocycles. The van der Waals surface area contributed by atoms with Gasteiger partial charge in [0.2, 0.25) is 5.91 Å². The molecule has 4 rings (SSSR count). The van der Waals surface area contributed by atoms with E-state index >= 15 is 0 Å². The lowest BCUT2D eigenvalue weighted by atomic mass is 9.97. The molecule has 0 spiro atoms. The van der Waals surface area contributed by atoms with Crippen LogP contribution < -0.4 is 4.74 Å². The van der Waals surface area contributed by atoms with Crippen LogP contribution >= 0.6 is 0 Å². The van der Waals surface area contributed by atoms with E-state index in [2.05, 4.69) is 0 Å². The van der Waals surface area contributed by atoms with Crippen molar-refractivity contribution in [2.45, 2.75) is 57.2 Å². The van der Waals surface area contributed by atoms with E-state index in [0.717, 1.165) is 37.0 Å². The van der Waals surface area contributed by atoms with Crippen LogP contribution in [0.1, 0.15) is 55.7 Å². The molecule has 0 radical (unpaired) electrons. The van der Waals surface area contributed by atoms with E-state index in [4.69, 9.17) is 4.74 Å². The van der Waals surface area contributed by atoms with Crippen LogP contribution in [0.15, 0.2) is 48.5 Å². The predicted octanol–water partition coefficient (Wildman–Crippen LogP) is 4.47. The first-order valence-electron chi connectivity index (χ1n) is 11.0. The Bertz CT molecular complexity index is 905. The van der Waals surface area contributed by atoms with Crippen molar-refractivity contribution in [3.63, 3.8) is 0 Å². The summed E-state index contributed by atoms with van der Waals surface area (Å²) in [6.45, 7) is 0.423. The molecule has 6 heteroatoms. The standard InChI is InChI=1S/C25H29FN2O3/c1-31-22-14-8-18(9-15-22)16-28-23(29)17-27(21-6-4-2-3-5-7-21)25(30)24(28)19-10-12-20(26)13-11-19/h8-15,21,24H,2-7,16-17H2,1H3/t24-/m0/s1. The maximum atomic E-state index is 13.7. The molecular formula is C25H29FN2O3. The summed E-state index contributed by atoms with van der Waals surface area (Å²) in [6, 6.07) is 12.8. The summed E-state index contributed by atoms with van der Waals surface area (Å²) < 4.78 is 18.8. The minimum Gasteiger partial charge on any atom is -0.497 e. The lowest BCUT2D eigenvalue weighted by Gasteiger charge is -2.43. The molecule has 31 heavy (non-hydrogen) atoms. The molecule has 1 saturated heterocycles. The maximum Gasteiger partial charge on any atom is 0.250 e. The van der Waals surface area contributed by atoms with Gasteiger partial charge in [0, 0.05) is 12.6 Å². The molecule has 2 amide bonds. The summed E-state index contributed by atoms with van der Waals surface area (Å²) in [7, 11) is 1.61. The number of methoxy groups -OCH3 is 1. The molecule has 2 aromatic carbocycles. The third kappa shape index (κ3) is 4.73. The molecule has 0 aromatic heterocycles. The number of amides is 2. The fourth-order valence-corrected chi connectivity index (χ4v) is 4.70. The van der Waals surface area contributed by atoms with E-state index in [1.807, 2.05) is 24.3 Å². The van der Waals surface area contributed by atoms with Crippen molar-refractivity contribution in [1.29, 1.82) is 0 Å². The molecule has 2 fully saturated rings. The second-order valence-corrected chi connectivity index (χ2v) is 8.44. The van der Waals surface area contributed by atoms with Gasteiger partial charge in [0.05, 0.1) is 7.11 Å². The minimum atomic E-state index is -0.743. The molecule has 164 valence electrons. The molecule has 1 saturated carbocycles. The van der Waals surface area contributed by atoms with Crippen LogP contribution in [0.25, 0.3) is 0 Å². The van der Waals surface area contributed by atoms with Crippen molar-refractivity contribution in [2.24, 2.45) is 0 Å². The van der Waals surface area contributed by atoms with Gasteiger partial charge in [-0.05, 0) is 48.2 Å². The van der Waals surface area contributed by atoms with Crippen molar-refractivity contribution in [3.8, 4) is 5.75 Å². The number of rotatable bonds is 5. The number of nitrogens with zero attached hydrogens (tertiary/aromatic N) is 2. The molecule has 1 heterocycles. The Morgan fingerprint density at radius 3 is 2.19 bits per heavy atom. The van der Waals surface area contributed by atoms with Crippen molar-refractivity contribution < 1.29 is 18.7 Å². The number of hydrogen-bond donors (Lipinski definition) is 0. The van der Waals surface area contributed by atoms with Crippen molar-refractivity contribution >= 4 is 11.8 Å². The van der Waals surface area contributed by atoms with Gasteiger partial charge in [-0.2, -0.15) is 0 Å². The maximum absolute atomic E-state index is 13.7. The summed E-state index contributed by atoms with van der Waals surface area (Å²) >= 11 is 0. The van der Waals surface area contributed by atoms with E-state index in [9.17, 15) is 14.0 Å². The van der Waals surface area contributed by atoms with E-state index in [1.165, 1.54) is 25.0 Å². The summed E-state index contributed by atoms with van der Waals surface area (Å²) in [5, 5.41) is 0. The Morgan fingerprint density at radius 1 is 0.935 bits per heavy atom. The molecule has 2 aromatic rings. The molecule has 0 bridgehead atoms. The van der Waals surface area contributed by atoms with E-state index in [-0.39, 0.29) is 30.2 Å². The van der Waals surface area contributed by atoms with Gasteiger partial charge in [0.25, 0.3) is 5.91 Å². The number of hydrogen-bond acceptors (Lipinski definition) is 3. The fraction of sp³-hybridized carbons (Fsp3) is 0.440. The molecule has 1 atom stereocenters. The van der Waals surface area contributed by atoms with Crippen LogP contribution in [0.5, 0.6) is 5.75 Å². The van der Waals surface area contributed by atoms with Crippen LogP contribution in [-0.4, -0.2) is 41.3 Å². The van der Waals surface area contributed by atoms with Crippen LogP contribution in [0, 0.1) is 5.82 Å². The highest BCUT2D eigenvalue weighted by molar-refractivity contribution is 5.95. The first kappa shape index (κ1) is 21.3. The Labute approximate surface area is 182 Å². The topological polar surface area (TPSA) is 49.9 Å². The van der Waals surface area contributed by atoms with Gasteiger partial charge in [0.1, 0.15) is 24.2 Å². The number of ether oxygens (including phenoxy) is 1. The van der Waals surface area contributed by atoms with Crippen LogP contribution in [0.4, 0.5) is 4.39 Å². The lowest BCUT2D eigenvalue weighted by Crippen LogP contribution is -2.57. The van der Waals surface area contributed by atoms with Gasteiger partial charge in [-0.25, -0.2) is 4.39 Å². The smallest absolute Gasteiger partial charge is 0.250 e. The minimum absolute atomic E-state index is 0.0633. The average molecular weight is 425 g/mol. The molecule has 2 aliphatic rings. The van der Waals surface area contributed by atoms with Gasteiger partial charge >= 0.3 is 0 Å². The van der Waals surface area contributed by atoms with Crippen molar-refractivity contribution in [1.82, 2.24) is 9.80 Å². The van der Waals surface area contributed by atoms with Gasteiger partial charge in [0.15, 0.2) is 0 Å². The number of piperazine rings is 1. The average Bonchev–Trinajstić information content (AvgIpc) is 3.07. The quantitative estimate of drug-likeness (QED) is 0.666. The molecular weight excluding hydrogens is 395 g/mol. The first-order valence-corrected chi connectivity index (χ1v) is 11.0. The van der Waals surface area contributed by atoms with Gasteiger partial charge in [-0.3, -0.25) is 9.59 Å². The molecule has 0 unspecified atom stereocenters. The van der Waals surface area contributed by atoms with Gasteiger partial charge in [-0.1, -0.05) is 49.9 Å². The highest BCUT2D eigenvalue weighted by Crippen LogP contribution is 2.33. The number of halogens is 1. The van der Waals surface area contributed by atoms with E-state index < -0.39 is 6.04 Å². The highest BCUT2D eigenvalue weighted by Gasteiger charge is 2.42. The second kappa shape index (κ2) is 9.50. The van der Waals surface area contributed by atoms with Crippen LogP contribution in [0.3, 0.4) is 0 Å². The third-order valence-corrected chi connectivity index (χ3v) is 6.42. The first-order chi connectivity index (χ1) is 15.1. The Balaban J connectivity index is 1.64. The zero-order valence-corrected chi connectivity index (χ0v) is 17.9. The summed E-state index contributed by atoms with van der Waals surface area (Å²) in [4.78, 5) is 30.4. The fourth-order valence-electron chi connectivity index (χ4n) is 4.70. The summed E-state index contributed by atoms with van der Waals surface area (Å²) in [5.41, 5.74) is 1.56. The van der Waals surface area contributed by atoms with Gasteiger partial charge in [-0.15, -0.1) is 0 Å². The third-order valence-electron chi connectivity index (χ3n) is 6.42.